The zero-order valence-electron chi connectivity index (χ0n) is 33.2. The van der Waals surface area contributed by atoms with Crippen LogP contribution in [0.4, 0.5) is 22.7 Å². The molecular weight excluding hydrogens is 844 g/mol. The molecule has 0 unspecified atom stereocenters. The molecule has 0 N–H and O–H groups in total. The van der Waals surface area contributed by atoms with Gasteiger partial charge in [-0.2, -0.15) is 12.1 Å². The van der Waals surface area contributed by atoms with Gasteiger partial charge in [-0.1, -0.05) is 104 Å². The summed E-state index contributed by atoms with van der Waals surface area (Å²) >= 11 is 0. The first-order valence-electron chi connectivity index (χ1n) is 20.0. The van der Waals surface area contributed by atoms with Gasteiger partial charge < -0.3 is 19.1 Å². The number of fused-ring (bicyclic) bond motifs is 4. The second kappa shape index (κ2) is 14.3. The van der Waals surface area contributed by atoms with Crippen molar-refractivity contribution in [3.63, 3.8) is 0 Å². The Hall–Kier alpha value is -5.64. The first-order chi connectivity index (χ1) is 27.7. The molecule has 6 aromatic carbocycles. The van der Waals surface area contributed by atoms with Gasteiger partial charge in [0.05, 0.1) is 0 Å². The predicted octanol–water partition coefficient (Wildman–Crippen LogP) is 12.2. The minimum absolute atomic E-state index is 0. The number of aromatic nitrogens is 2. The number of nitrogens with zero attached hydrogens (tertiary/aromatic N) is 4. The second-order valence-corrected chi connectivity index (χ2v) is 13.3. The third-order valence-electron chi connectivity index (χ3n) is 10.2. The molecule has 54 heavy (non-hydrogen) atoms. The number of hydrogen-bond donors (Lipinski definition) is 0. The number of rotatable bonds is 7. The van der Waals surface area contributed by atoms with Gasteiger partial charge >= 0.3 is 0 Å². The normalized spacial score (nSPS) is 17.9. The number of benzene rings is 6. The van der Waals surface area contributed by atoms with Crippen molar-refractivity contribution in [3.8, 4) is 17.3 Å². The fourth-order valence-corrected chi connectivity index (χ4v) is 7.76. The Bertz CT molecular complexity index is 2760. The molecule has 1 aliphatic carbocycles. The maximum atomic E-state index is 9.43. The van der Waals surface area contributed by atoms with E-state index in [1.54, 1.807) is 12.3 Å². The molecule has 1 saturated carbocycles. The van der Waals surface area contributed by atoms with Crippen molar-refractivity contribution in [3.05, 3.63) is 188 Å². The maximum absolute atomic E-state index is 9.43. The van der Waals surface area contributed by atoms with Gasteiger partial charge in [0.1, 0.15) is 5.82 Å². The number of anilines is 4. The molecule has 0 amide bonds. The average molecular weight is 885 g/mol. The largest absolute Gasteiger partial charge is 0.509 e. The van der Waals surface area contributed by atoms with E-state index in [4.69, 9.17) is 9.72 Å². The third kappa shape index (κ3) is 5.88. The van der Waals surface area contributed by atoms with Gasteiger partial charge in [0.15, 0.2) is 0 Å². The fraction of sp³-hybridized carbons (Fsp3) is 0.125. The van der Waals surface area contributed by atoms with Gasteiger partial charge in [0.2, 0.25) is 0 Å². The molecule has 1 fully saturated rings. The summed E-state index contributed by atoms with van der Waals surface area (Å²) in [4.78, 5) is 9.13. The molecule has 8 aromatic rings. The molecular formula is C48H37N4OPt-3. The van der Waals surface area contributed by atoms with Gasteiger partial charge in [0, 0.05) is 72.2 Å². The summed E-state index contributed by atoms with van der Waals surface area (Å²) in [6.45, 7) is 2.07. The monoisotopic (exact) mass is 884 g/mol. The van der Waals surface area contributed by atoms with Gasteiger partial charge in [-0.25, -0.2) is 4.98 Å². The first-order valence-corrected chi connectivity index (χ1v) is 18.0. The second-order valence-electron chi connectivity index (χ2n) is 13.3. The Morgan fingerprint density at radius 1 is 0.630 bits per heavy atom. The standard InChI is InChI=1S/C48H37N4O.Pt/c1-4-15-35(16-5-1)48(28-12-3-13-29-48)36-27-30-49-47(31-36)52-43-22-9-8-21-41(43)42-26-25-40(33-46(42)52)53-39-20-14-19-38(32-39)51-34-50(37-17-6-2-7-18-37)44-23-10-11-24-45(44)51;/h1-2,4-11,14-27,30-31,34H,3,12-13,28-29H2;/q-3;/i28D2,29D2;. The summed E-state index contributed by atoms with van der Waals surface area (Å²) in [5, 5.41) is 1.96. The van der Waals surface area contributed by atoms with E-state index in [0.29, 0.717) is 34.9 Å². The Labute approximate surface area is 336 Å². The van der Waals surface area contributed by atoms with E-state index in [0.717, 1.165) is 44.6 Å². The van der Waals surface area contributed by atoms with E-state index in [9.17, 15) is 5.48 Å². The smallest absolute Gasteiger partial charge is 0.135 e. The van der Waals surface area contributed by atoms with E-state index in [-0.39, 0.29) is 33.9 Å². The maximum Gasteiger partial charge on any atom is 0.135 e. The zero-order valence-corrected chi connectivity index (χ0v) is 31.5. The van der Waals surface area contributed by atoms with Crippen LogP contribution in [0.1, 0.15) is 48.6 Å². The number of pyridine rings is 1. The Kier molecular flexibility index (Phi) is 7.88. The molecule has 0 atom stereocenters. The fourth-order valence-electron chi connectivity index (χ4n) is 7.76. The van der Waals surface area contributed by atoms with Crippen molar-refractivity contribution in [1.29, 1.82) is 0 Å². The molecule has 2 aromatic heterocycles. The van der Waals surface area contributed by atoms with E-state index in [1.165, 1.54) is 0 Å². The topological polar surface area (TPSA) is 33.5 Å². The van der Waals surface area contributed by atoms with E-state index in [1.807, 2.05) is 120 Å². The Morgan fingerprint density at radius 2 is 1.33 bits per heavy atom. The van der Waals surface area contributed by atoms with Crippen LogP contribution in [0.2, 0.25) is 0 Å². The number of hydrogen-bond acceptors (Lipinski definition) is 4. The van der Waals surface area contributed by atoms with Crippen molar-refractivity contribution in [2.45, 2.75) is 37.4 Å². The van der Waals surface area contributed by atoms with Crippen molar-refractivity contribution < 1.29 is 31.3 Å². The zero-order chi connectivity index (χ0) is 38.8. The third-order valence-corrected chi connectivity index (χ3v) is 10.2. The molecule has 0 radical (unpaired) electrons. The Balaban J connectivity index is 0.00000436. The van der Waals surface area contributed by atoms with E-state index in [2.05, 4.69) is 58.9 Å². The summed E-state index contributed by atoms with van der Waals surface area (Å²) in [6, 6.07) is 56.4. The van der Waals surface area contributed by atoms with E-state index >= 15 is 0 Å². The van der Waals surface area contributed by atoms with Crippen LogP contribution in [-0.4, -0.2) is 9.55 Å². The van der Waals surface area contributed by atoms with Crippen LogP contribution in [0.15, 0.2) is 158 Å². The SMILES string of the molecule is [2H]C1([2H])CCCC([2H])([2H])C1(c1ccccc1)c1ccnc(-n2c3[c-]c(Oc4[c-]c(N5[CH-]N(c6ccccc6)c6ccccc65)ccc4)ccc3c3ccccc32)c1.[Pt]. The molecule has 0 spiro atoms. The van der Waals surface area contributed by atoms with Crippen molar-refractivity contribution in [2.75, 3.05) is 9.80 Å². The minimum Gasteiger partial charge on any atom is -0.509 e. The van der Waals surface area contributed by atoms with Gasteiger partial charge in [-0.05, 0) is 71.7 Å². The van der Waals surface area contributed by atoms with Crippen LogP contribution >= 0.6 is 0 Å². The summed E-state index contributed by atoms with van der Waals surface area (Å²) in [6.07, 6.45) is -1.12. The van der Waals surface area contributed by atoms with Crippen LogP contribution in [-0.2, 0) is 26.5 Å². The van der Waals surface area contributed by atoms with Crippen molar-refractivity contribution in [1.82, 2.24) is 9.55 Å². The van der Waals surface area contributed by atoms with Gasteiger partial charge in [0.25, 0.3) is 0 Å². The quantitative estimate of drug-likeness (QED) is 0.149. The van der Waals surface area contributed by atoms with Gasteiger partial charge in [-0.15, -0.1) is 48.1 Å². The molecule has 0 bridgehead atoms. The molecule has 3 heterocycles. The average Bonchev–Trinajstić information content (AvgIpc) is 3.78. The number of para-hydroxylation sites is 4. The van der Waals surface area contributed by atoms with Crippen LogP contribution in [0.3, 0.4) is 0 Å². The summed E-state index contributed by atoms with van der Waals surface area (Å²) < 4.78 is 46.2. The van der Waals surface area contributed by atoms with Crippen LogP contribution < -0.4 is 14.5 Å². The van der Waals surface area contributed by atoms with Crippen LogP contribution in [0, 0.1) is 18.8 Å². The predicted molar refractivity (Wildman–Crippen MR) is 215 cm³/mol. The molecule has 2 aliphatic rings. The van der Waals surface area contributed by atoms with Crippen LogP contribution in [0.5, 0.6) is 11.5 Å². The van der Waals surface area contributed by atoms with Crippen molar-refractivity contribution >= 4 is 44.6 Å². The Morgan fingerprint density at radius 3 is 2.15 bits per heavy atom. The molecule has 268 valence electrons. The molecule has 5 nitrogen and oxygen atoms in total. The van der Waals surface area contributed by atoms with Gasteiger partial charge in [-0.3, -0.25) is 0 Å². The first kappa shape index (κ1) is 29.8. The van der Waals surface area contributed by atoms with Crippen molar-refractivity contribution in [2.24, 2.45) is 0 Å². The minimum atomic E-state index is -1.87. The summed E-state index contributed by atoms with van der Waals surface area (Å²) in [5.41, 5.74) is 5.21. The number of ether oxygens (including phenoxy) is 1. The summed E-state index contributed by atoms with van der Waals surface area (Å²) in [5.74, 6) is 1.56. The van der Waals surface area contributed by atoms with Crippen LogP contribution in [0.25, 0.3) is 27.6 Å². The van der Waals surface area contributed by atoms with E-state index < -0.39 is 18.2 Å². The molecule has 1 aliphatic heterocycles. The molecule has 10 rings (SSSR count). The molecule has 0 saturated heterocycles. The molecule has 6 heteroatoms. The summed E-state index contributed by atoms with van der Waals surface area (Å²) in [7, 11) is 0.